The topological polar surface area (TPSA) is 46.5 Å². The molecule has 0 rings (SSSR count). The normalized spacial score (nSPS) is 15.2. The number of nitrogens with zero attached hydrogens (tertiary/aromatic N) is 1. The van der Waals surface area contributed by atoms with Crippen LogP contribution in [0.5, 0.6) is 0 Å². The third kappa shape index (κ3) is 21.7. The third-order valence-electron chi connectivity index (χ3n) is 6.91. The van der Waals surface area contributed by atoms with Gasteiger partial charge in [-0.2, -0.15) is 0 Å². The van der Waals surface area contributed by atoms with Gasteiger partial charge in [-0.1, -0.05) is 95.9 Å². The van der Waals surface area contributed by atoms with Crippen LogP contribution < -0.4 is 0 Å². The number of hydrogen-bond acceptors (Lipinski definition) is 2. The Bertz CT molecular complexity index is 583. The van der Waals surface area contributed by atoms with Gasteiger partial charge >= 0.3 is 7.60 Å². The van der Waals surface area contributed by atoms with Gasteiger partial charge in [-0.05, 0) is 64.2 Å². The van der Waals surface area contributed by atoms with Crippen molar-refractivity contribution >= 4 is 7.60 Å². The van der Waals surface area contributed by atoms with E-state index in [1.54, 1.807) is 0 Å². The van der Waals surface area contributed by atoms with Crippen LogP contribution in [0.4, 0.5) is 0 Å². The van der Waals surface area contributed by atoms with Crippen LogP contribution in [-0.2, 0) is 9.09 Å². The first kappa shape index (κ1) is 35.6. The van der Waals surface area contributed by atoms with Crippen LogP contribution in [0.25, 0.3) is 0 Å². The lowest BCUT2D eigenvalue weighted by molar-refractivity contribution is -0.883. The minimum Gasteiger partial charge on any atom is -0.320 e. The van der Waals surface area contributed by atoms with Crippen molar-refractivity contribution in [3.63, 3.8) is 0 Å². The Balaban J connectivity index is 3.51. The van der Waals surface area contributed by atoms with Gasteiger partial charge in [-0.15, -0.1) is 0 Å². The van der Waals surface area contributed by atoms with Crippen LogP contribution in [-0.4, -0.2) is 42.9 Å². The molecule has 0 aromatic rings. The van der Waals surface area contributed by atoms with Gasteiger partial charge in [0, 0.05) is 6.42 Å². The molecule has 4 nitrogen and oxygen atoms in total. The zero-order valence-corrected chi connectivity index (χ0v) is 25.8. The molecule has 0 spiro atoms. The number of unbranched alkanes of at least 4 members (excludes halogenated alkanes) is 15. The molecule has 214 valence electrons. The van der Waals surface area contributed by atoms with Crippen LogP contribution in [0, 0.1) is 0 Å². The van der Waals surface area contributed by atoms with Gasteiger partial charge in [-0.25, -0.2) is 0 Å². The highest BCUT2D eigenvalue weighted by molar-refractivity contribution is 7.53. The molecule has 0 radical (unpaired) electrons. The van der Waals surface area contributed by atoms with Crippen LogP contribution >= 0.6 is 7.60 Å². The van der Waals surface area contributed by atoms with Crippen LogP contribution in [0.15, 0.2) is 24.3 Å². The lowest BCUT2D eigenvalue weighted by Crippen LogP contribution is -2.45. The summed E-state index contributed by atoms with van der Waals surface area (Å²) in [5.74, 6) is -0.345. The van der Waals surface area contributed by atoms with E-state index < -0.39 is 7.60 Å². The summed E-state index contributed by atoms with van der Waals surface area (Å²) in [5.41, 5.74) is 0. The van der Waals surface area contributed by atoms with E-state index in [1.807, 2.05) is 21.1 Å². The largest absolute Gasteiger partial charge is 0.385 e. The van der Waals surface area contributed by atoms with E-state index in [0.29, 0.717) is 17.5 Å². The highest BCUT2D eigenvalue weighted by Crippen LogP contribution is 2.51. The molecule has 0 bridgehead atoms. The average molecular weight is 529 g/mol. The fraction of sp³-hybridized carbons (Fsp3) is 0.871. The fourth-order valence-electron chi connectivity index (χ4n) is 4.64. The summed E-state index contributed by atoms with van der Waals surface area (Å²) in [6.45, 7) is 4.70. The minimum absolute atomic E-state index is 0.345. The van der Waals surface area contributed by atoms with E-state index in [-0.39, 0.29) is 5.78 Å². The number of hydrogen-bond donors (Lipinski definition) is 1. The first-order chi connectivity index (χ1) is 17.3. The summed E-state index contributed by atoms with van der Waals surface area (Å²) >= 11 is 0. The summed E-state index contributed by atoms with van der Waals surface area (Å²) in [6.07, 6.45) is 33.9. The van der Waals surface area contributed by atoms with Crippen molar-refractivity contribution < 1.29 is 18.5 Å². The molecule has 0 saturated heterocycles. The fourth-order valence-corrected chi connectivity index (χ4v) is 6.66. The van der Waals surface area contributed by atoms with Crippen molar-refractivity contribution in [2.24, 2.45) is 0 Å². The Hall–Kier alpha value is -0.410. The summed E-state index contributed by atoms with van der Waals surface area (Å²) in [4.78, 5) is 10.4. The molecule has 1 N–H and O–H groups in total. The van der Waals surface area contributed by atoms with Crippen LogP contribution in [0.2, 0.25) is 0 Å². The van der Waals surface area contributed by atoms with Gasteiger partial charge in [0.1, 0.15) is 0 Å². The molecule has 0 aromatic carbocycles. The molecule has 0 fully saturated rings. The summed E-state index contributed by atoms with van der Waals surface area (Å²) in [7, 11) is 2.32. The smallest absolute Gasteiger partial charge is 0.320 e. The molecule has 0 heterocycles. The van der Waals surface area contributed by atoms with Crippen molar-refractivity contribution in [2.45, 2.75) is 148 Å². The van der Waals surface area contributed by atoms with Gasteiger partial charge in [0.25, 0.3) is 0 Å². The molecule has 0 aliphatic heterocycles. The van der Waals surface area contributed by atoms with Crippen molar-refractivity contribution in [1.29, 1.82) is 0 Å². The Kier molecular flexibility index (Phi) is 23.4. The van der Waals surface area contributed by atoms with Crippen molar-refractivity contribution in [1.82, 2.24) is 0 Å². The summed E-state index contributed by atoms with van der Waals surface area (Å²) in [6, 6.07) is 0. The third-order valence-corrected chi connectivity index (χ3v) is 9.17. The lowest BCUT2D eigenvalue weighted by atomic mass is 10.1. The predicted octanol–water partition coefficient (Wildman–Crippen LogP) is 10.2. The maximum atomic E-state index is 12.7. The maximum Gasteiger partial charge on any atom is 0.385 e. The Labute approximate surface area is 226 Å². The monoisotopic (exact) mass is 528 g/mol. The number of rotatable bonds is 26. The van der Waals surface area contributed by atoms with E-state index in [4.69, 9.17) is 4.52 Å². The van der Waals surface area contributed by atoms with Crippen molar-refractivity contribution in [2.75, 3.05) is 27.7 Å². The molecule has 0 aromatic heterocycles. The zero-order chi connectivity index (χ0) is 27.0. The Morgan fingerprint density at radius 1 is 0.639 bits per heavy atom. The van der Waals surface area contributed by atoms with Crippen LogP contribution in [0.1, 0.15) is 142 Å². The lowest BCUT2D eigenvalue weighted by Gasteiger charge is -2.35. The van der Waals surface area contributed by atoms with Crippen LogP contribution in [0.3, 0.4) is 0 Å². The molecule has 2 atom stereocenters. The number of quaternary nitrogens is 1. The standard InChI is InChI=1S/C31H62NO3P/c1-6-8-9-10-11-12-13-14-15-16-17-18-19-20-21-22-23-24-25-26-27-28-30-35-36(33,34)31(29-7-2)32(3,4)5/h11-12,23-24,31H,6-10,13-22,25-30H2,1-5H3/p+1. The average Bonchev–Trinajstić information content (AvgIpc) is 2.82. The Morgan fingerprint density at radius 2 is 1.03 bits per heavy atom. The second-order valence-electron chi connectivity index (χ2n) is 11.5. The summed E-state index contributed by atoms with van der Waals surface area (Å²) < 4.78 is 18.6. The van der Waals surface area contributed by atoms with Gasteiger partial charge in [-0.3, -0.25) is 4.57 Å². The van der Waals surface area contributed by atoms with Gasteiger partial charge in [0.15, 0.2) is 5.78 Å². The van der Waals surface area contributed by atoms with E-state index in [1.165, 1.54) is 89.9 Å². The molecule has 5 heteroatoms. The first-order valence-electron chi connectivity index (χ1n) is 15.3. The van der Waals surface area contributed by atoms with Gasteiger partial charge in [0.2, 0.25) is 0 Å². The van der Waals surface area contributed by atoms with Crippen molar-refractivity contribution in [3.05, 3.63) is 24.3 Å². The Morgan fingerprint density at radius 3 is 1.42 bits per heavy atom. The highest BCUT2D eigenvalue weighted by Gasteiger charge is 2.41. The highest BCUT2D eigenvalue weighted by atomic mass is 31.2. The molecular weight excluding hydrogens is 465 g/mol. The van der Waals surface area contributed by atoms with E-state index in [0.717, 1.165) is 32.1 Å². The molecule has 0 aliphatic carbocycles. The van der Waals surface area contributed by atoms with E-state index in [9.17, 15) is 9.46 Å². The minimum atomic E-state index is -3.58. The van der Waals surface area contributed by atoms with E-state index in [2.05, 4.69) is 38.2 Å². The second kappa shape index (κ2) is 23.7. The molecule has 36 heavy (non-hydrogen) atoms. The molecular formula is C31H63NO3P+. The molecule has 0 amide bonds. The van der Waals surface area contributed by atoms with Gasteiger partial charge in [0.05, 0.1) is 27.7 Å². The molecule has 0 aliphatic rings. The maximum absolute atomic E-state index is 12.7. The SMILES string of the molecule is CCCCCC=CCCCCCCCCCCC=CCCCCCOP(=O)(O)C(CCC)[N+](C)(C)C. The van der Waals surface area contributed by atoms with Gasteiger partial charge < -0.3 is 13.9 Å². The van der Waals surface area contributed by atoms with E-state index >= 15 is 0 Å². The molecule has 2 unspecified atom stereocenters. The molecule has 0 saturated carbocycles. The quantitative estimate of drug-likeness (QED) is 0.0526. The predicted molar refractivity (Wildman–Crippen MR) is 160 cm³/mol. The number of allylic oxidation sites excluding steroid dienone is 4. The van der Waals surface area contributed by atoms with Crippen molar-refractivity contribution in [3.8, 4) is 0 Å². The second-order valence-corrected chi connectivity index (χ2v) is 13.5. The zero-order valence-electron chi connectivity index (χ0n) is 24.9. The summed E-state index contributed by atoms with van der Waals surface area (Å²) in [5, 5.41) is 0. The first-order valence-corrected chi connectivity index (χ1v) is 17.0.